The Hall–Kier alpha value is -1.59. The van der Waals surface area contributed by atoms with Gasteiger partial charge in [0.25, 0.3) is 0 Å². The lowest BCUT2D eigenvalue weighted by atomic mass is 9.65. The van der Waals surface area contributed by atoms with Crippen LogP contribution in [0.15, 0.2) is 30.3 Å². The second-order valence-electron chi connectivity index (χ2n) is 7.54. The Morgan fingerprint density at radius 2 is 1.68 bits per heavy atom. The smallest absolute Gasteiger partial charge is 0.247 e. The molecule has 0 saturated heterocycles. The summed E-state index contributed by atoms with van der Waals surface area (Å²) in [5, 5.41) is 2.93. The molecule has 2 aliphatic rings. The molecule has 0 aliphatic heterocycles. The summed E-state index contributed by atoms with van der Waals surface area (Å²) >= 11 is 0. The molecular weight excluding hydrogens is 338 g/mol. The molecule has 2 aliphatic carbocycles. The van der Waals surface area contributed by atoms with E-state index >= 15 is 0 Å². The number of carbonyl (C=O) groups is 2. The molecule has 3 unspecified atom stereocenters. The third kappa shape index (κ3) is 3.82. The Balaban J connectivity index is 0.00000225. The van der Waals surface area contributed by atoms with Gasteiger partial charge in [-0.25, -0.2) is 0 Å². The standard InChI is InChI=1S/C19H27N3O2.ClH/c1-19(18(21)24,15-8-3-2-4-9-15)22-17(23)14-10-12-6-5-7-13(11-14)16(12)20;/h2-4,8-9,12-14,16H,5-7,10-11,20H2,1H3,(H2,21,24)(H,22,23);1H. The van der Waals surface area contributed by atoms with Crippen molar-refractivity contribution in [1.29, 1.82) is 0 Å². The summed E-state index contributed by atoms with van der Waals surface area (Å²) in [7, 11) is 0. The first kappa shape index (κ1) is 19.7. The molecule has 5 nitrogen and oxygen atoms in total. The van der Waals surface area contributed by atoms with Crippen LogP contribution in [-0.2, 0) is 15.1 Å². The molecular formula is C19H28ClN3O2. The summed E-state index contributed by atoms with van der Waals surface area (Å²) in [4.78, 5) is 24.9. The molecule has 0 radical (unpaired) electrons. The van der Waals surface area contributed by atoms with Crippen molar-refractivity contribution in [3.05, 3.63) is 35.9 Å². The van der Waals surface area contributed by atoms with Crippen LogP contribution < -0.4 is 16.8 Å². The molecule has 2 fully saturated rings. The zero-order chi connectivity index (χ0) is 17.3. The molecule has 3 rings (SSSR count). The number of carbonyl (C=O) groups excluding carboxylic acids is 2. The van der Waals surface area contributed by atoms with Crippen LogP contribution in [0, 0.1) is 17.8 Å². The van der Waals surface area contributed by atoms with E-state index in [4.69, 9.17) is 11.5 Å². The SMILES string of the molecule is CC(NC(=O)C1CC2CCCC(C1)C2N)(C(N)=O)c1ccccc1.Cl. The molecule has 2 bridgehead atoms. The van der Waals surface area contributed by atoms with E-state index in [0.717, 1.165) is 25.7 Å². The second-order valence-corrected chi connectivity index (χ2v) is 7.54. The summed E-state index contributed by atoms with van der Waals surface area (Å²) in [6.45, 7) is 1.68. The van der Waals surface area contributed by atoms with Gasteiger partial charge in [0.1, 0.15) is 5.54 Å². The van der Waals surface area contributed by atoms with Crippen molar-refractivity contribution in [1.82, 2.24) is 5.32 Å². The van der Waals surface area contributed by atoms with Crippen molar-refractivity contribution in [2.24, 2.45) is 29.2 Å². The first-order valence-electron chi connectivity index (χ1n) is 8.85. The molecule has 6 heteroatoms. The minimum Gasteiger partial charge on any atom is -0.367 e. The summed E-state index contributed by atoms with van der Waals surface area (Å²) < 4.78 is 0. The van der Waals surface area contributed by atoms with Crippen LogP contribution in [0.2, 0.25) is 0 Å². The highest BCUT2D eigenvalue weighted by atomic mass is 35.5. The molecule has 1 aromatic rings. The monoisotopic (exact) mass is 365 g/mol. The maximum Gasteiger partial charge on any atom is 0.247 e. The highest BCUT2D eigenvalue weighted by Crippen LogP contribution is 2.42. The lowest BCUT2D eigenvalue weighted by molar-refractivity contribution is -0.135. The number of hydrogen-bond acceptors (Lipinski definition) is 3. The van der Waals surface area contributed by atoms with Gasteiger partial charge in [0, 0.05) is 12.0 Å². The van der Waals surface area contributed by atoms with Crippen LogP contribution in [0.3, 0.4) is 0 Å². The Morgan fingerprint density at radius 3 is 2.20 bits per heavy atom. The van der Waals surface area contributed by atoms with Crippen LogP contribution >= 0.6 is 12.4 Å². The van der Waals surface area contributed by atoms with Crippen LogP contribution in [0.1, 0.15) is 44.6 Å². The predicted molar refractivity (Wildman–Crippen MR) is 99.9 cm³/mol. The second kappa shape index (κ2) is 7.75. The maximum absolute atomic E-state index is 12.9. The Bertz CT molecular complexity index is 610. The van der Waals surface area contributed by atoms with Crippen LogP contribution in [-0.4, -0.2) is 17.9 Å². The van der Waals surface area contributed by atoms with E-state index in [9.17, 15) is 9.59 Å². The Labute approximate surface area is 155 Å². The molecule has 138 valence electrons. The van der Waals surface area contributed by atoms with Gasteiger partial charge in [0.15, 0.2) is 0 Å². The number of amides is 2. The number of fused-ring (bicyclic) bond motifs is 2. The summed E-state index contributed by atoms with van der Waals surface area (Å²) in [5.41, 5.74) is 11.4. The number of halogens is 1. The average molecular weight is 366 g/mol. The van der Waals surface area contributed by atoms with Crippen molar-refractivity contribution in [2.45, 2.75) is 50.6 Å². The first-order valence-corrected chi connectivity index (χ1v) is 8.85. The highest BCUT2D eigenvalue weighted by molar-refractivity contribution is 5.91. The summed E-state index contributed by atoms with van der Waals surface area (Å²) in [5.74, 6) is 0.135. The average Bonchev–Trinajstić information content (AvgIpc) is 2.55. The van der Waals surface area contributed by atoms with Gasteiger partial charge in [-0.3, -0.25) is 9.59 Å². The fourth-order valence-corrected chi connectivity index (χ4v) is 4.40. The van der Waals surface area contributed by atoms with Gasteiger partial charge in [0.05, 0.1) is 0 Å². The van der Waals surface area contributed by atoms with E-state index in [0.29, 0.717) is 17.4 Å². The van der Waals surface area contributed by atoms with Crippen LogP contribution in [0.25, 0.3) is 0 Å². The maximum atomic E-state index is 12.9. The van der Waals surface area contributed by atoms with Crippen LogP contribution in [0.5, 0.6) is 0 Å². The van der Waals surface area contributed by atoms with Gasteiger partial charge in [-0.2, -0.15) is 0 Å². The molecule has 1 aromatic carbocycles. The fraction of sp³-hybridized carbons (Fsp3) is 0.579. The van der Waals surface area contributed by atoms with E-state index in [2.05, 4.69) is 5.32 Å². The number of primary amides is 1. The third-order valence-corrected chi connectivity index (χ3v) is 6.00. The third-order valence-electron chi connectivity index (χ3n) is 6.00. The summed E-state index contributed by atoms with van der Waals surface area (Å²) in [6, 6.07) is 9.41. The quantitative estimate of drug-likeness (QED) is 0.761. The zero-order valence-electron chi connectivity index (χ0n) is 14.6. The predicted octanol–water partition coefficient (Wildman–Crippen LogP) is 2.08. The van der Waals surface area contributed by atoms with Gasteiger partial charge in [-0.05, 0) is 50.0 Å². The Kier molecular flexibility index (Phi) is 6.12. The molecule has 0 heterocycles. The van der Waals surface area contributed by atoms with Gasteiger partial charge < -0.3 is 16.8 Å². The summed E-state index contributed by atoms with van der Waals surface area (Å²) in [6.07, 6.45) is 5.04. The van der Waals surface area contributed by atoms with E-state index in [1.54, 1.807) is 6.92 Å². The molecule has 2 amide bonds. The van der Waals surface area contributed by atoms with Crippen LogP contribution in [0.4, 0.5) is 0 Å². The van der Waals surface area contributed by atoms with Gasteiger partial charge in [0.2, 0.25) is 11.8 Å². The number of nitrogens with one attached hydrogen (secondary N) is 1. The van der Waals surface area contributed by atoms with E-state index in [1.807, 2.05) is 30.3 Å². The van der Waals surface area contributed by atoms with E-state index < -0.39 is 11.4 Å². The lowest BCUT2D eigenvalue weighted by Gasteiger charge is -2.44. The van der Waals surface area contributed by atoms with Crippen molar-refractivity contribution < 1.29 is 9.59 Å². The normalized spacial score (nSPS) is 30.5. The van der Waals surface area contributed by atoms with Crippen molar-refractivity contribution in [3.8, 4) is 0 Å². The van der Waals surface area contributed by atoms with Crippen molar-refractivity contribution in [3.63, 3.8) is 0 Å². The first-order chi connectivity index (χ1) is 11.4. The Morgan fingerprint density at radius 1 is 1.12 bits per heavy atom. The van der Waals surface area contributed by atoms with Gasteiger partial charge in [-0.1, -0.05) is 36.8 Å². The van der Waals surface area contributed by atoms with Crippen molar-refractivity contribution >= 4 is 24.2 Å². The number of benzene rings is 1. The largest absolute Gasteiger partial charge is 0.367 e. The lowest BCUT2D eigenvalue weighted by Crippen LogP contribution is -2.56. The number of hydrogen-bond donors (Lipinski definition) is 3. The zero-order valence-corrected chi connectivity index (χ0v) is 15.4. The van der Waals surface area contributed by atoms with E-state index in [-0.39, 0.29) is 30.3 Å². The molecule has 5 N–H and O–H groups in total. The minimum atomic E-state index is -1.19. The van der Waals surface area contributed by atoms with E-state index in [1.165, 1.54) is 6.42 Å². The molecule has 2 saturated carbocycles. The molecule has 0 spiro atoms. The number of nitrogens with two attached hydrogens (primary N) is 2. The molecule has 25 heavy (non-hydrogen) atoms. The number of rotatable bonds is 4. The molecule has 3 atom stereocenters. The minimum absolute atomic E-state index is 0. The van der Waals surface area contributed by atoms with Crippen molar-refractivity contribution in [2.75, 3.05) is 0 Å². The van der Waals surface area contributed by atoms with Gasteiger partial charge in [-0.15, -0.1) is 12.4 Å². The van der Waals surface area contributed by atoms with Gasteiger partial charge >= 0.3 is 0 Å². The molecule has 0 aromatic heterocycles. The highest BCUT2D eigenvalue weighted by Gasteiger charge is 2.43. The topological polar surface area (TPSA) is 98.2 Å². The fourth-order valence-electron chi connectivity index (χ4n) is 4.40.